The number of nitrogens with zero attached hydrogens (tertiary/aromatic N) is 1. The summed E-state index contributed by atoms with van der Waals surface area (Å²) in [5.74, 6) is 0.778. The van der Waals surface area contributed by atoms with Crippen LogP contribution in [0.5, 0.6) is 5.88 Å². The predicted molar refractivity (Wildman–Crippen MR) is 63.6 cm³/mol. The molecule has 4 nitrogen and oxygen atoms in total. The number of anilines is 1. The Labute approximate surface area is 96.0 Å². The zero-order valence-corrected chi connectivity index (χ0v) is 10.2. The van der Waals surface area contributed by atoms with Gasteiger partial charge in [-0.1, -0.05) is 13.8 Å². The fourth-order valence-corrected chi connectivity index (χ4v) is 1.36. The lowest BCUT2D eigenvalue weighted by atomic mass is 10.1. The Morgan fingerprint density at radius 3 is 2.75 bits per heavy atom. The molecule has 0 unspecified atom stereocenters. The molecule has 0 aliphatic carbocycles. The lowest BCUT2D eigenvalue weighted by Crippen LogP contribution is -2.14. The van der Waals surface area contributed by atoms with E-state index < -0.39 is 0 Å². The van der Waals surface area contributed by atoms with Gasteiger partial charge in [-0.25, -0.2) is 4.98 Å². The SMILES string of the molecule is COc1nc(C)ccc1NC(=O)CC(C)C. The van der Waals surface area contributed by atoms with Gasteiger partial charge < -0.3 is 10.1 Å². The molecule has 0 saturated carbocycles. The van der Waals surface area contributed by atoms with Crippen molar-refractivity contribution >= 4 is 11.6 Å². The van der Waals surface area contributed by atoms with Crippen LogP contribution in [0.15, 0.2) is 12.1 Å². The molecule has 0 atom stereocenters. The molecule has 88 valence electrons. The number of aromatic nitrogens is 1. The maximum absolute atomic E-state index is 11.6. The van der Waals surface area contributed by atoms with Crippen LogP contribution in [0.2, 0.25) is 0 Å². The summed E-state index contributed by atoms with van der Waals surface area (Å²) < 4.78 is 5.11. The van der Waals surface area contributed by atoms with Crippen molar-refractivity contribution < 1.29 is 9.53 Å². The summed E-state index contributed by atoms with van der Waals surface area (Å²) in [6.07, 6.45) is 0.497. The van der Waals surface area contributed by atoms with Gasteiger partial charge in [0.05, 0.1) is 7.11 Å². The molecule has 0 radical (unpaired) electrons. The molecule has 0 bridgehead atoms. The maximum atomic E-state index is 11.6. The van der Waals surface area contributed by atoms with Gasteiger partial charge in [0.25, 0.3) is 0 Å². The van der Waals surface area contributed by atoms with E-state index in [0.717, 1.165) is 5.69 Å². The van der Waals surface area contributed by atoms with Gasteiger partial charge in [0.1, 0.15) is 5.69 Å². The fraction of sp³-hybridized carbons (Fsp3) is 0.500. The van der Waals surface area contributed by atoms with Crippen LogP contribution in [-0.4, -0.2) is 18.0 Å². The number of aryl methyl sites for hydroxylation is 1. The van der Waals surface area contributed by atoms with Crippen LogP contribution in [-0.2, 0) is 4.79 Å². The molecule has 4 heteroatoms. The van der Waals surface area contributed by atoms with Crippen LogP contribution < -0.4 is 10.1 Å². The number of pyridine rings is 1. The Morgan fingerprint density at radius 2 is 2.19 bits per heavy atom. The van der Waals surface area contributed by atoms with Gasteiger partial charge in [-0.3, -0.25) is 4.79 Å². The number of amides is 1. The third-order valence-electron chi connectivity index (χ3n) is 2.06. The lowest BCUT2D eigenvalue weighted by molar-refractivity contribution is -0.116. The van der Waals surface area contributed by atoms with E-state index in [1.807, 2.05) is 26.8 Å². The van der Waals surface area contributed by atoms with Gasteiger partial charge in [0.2, 0.25) is 11.8 Å². The fourth-order valence-electron chi connectivity index (χ4n) is 1.36. The second-order valence-corrected chi connectivity index (χ2v) is 4.16. The second-order valence-electron chi connectivity index (χ2n) is 4.16. The standard InChI is InChI=1S/C12H18N2O2/c1-8(2)7-11(15)14-10-6-5-9(3)13-12(10)16-4/h5-6,8H,7H2,1-4H3,(H,14,15). The molecule has 1 N–H and O–H groups in total. The summed E-state index contributed by atoms with van der Waals surface area (Å²) in [4.78, 5) is 15.8. The van der Waals surface area contributed by atoms with Crippen LogP contribution in [0.1, 0.15) is 26.0 Å². The van der Waals surface area contributed by atoms with Gasteiger partial charge in [0, 0.05) is 12.1 Å². The topological polar surface area (TPSA) is 51.2 Å². The normalized spacial score (nSPS) is 10.3. The van der Waals surface area contributed by atoms with Gasteiger partial charge in [-0.2, -0.15) is 0 Å². The molecular weight excluding hydrogens is 204 g/mol. The quantitative estimate of drug-likeness (QED) is 0.851. The van der Waals surface area contributed by atoms with Crippen molar-refractivity contribution in [3.8, 4) is 5.88 Å². The minimum absolute atomic E-state index is 0.0149. The number of hydrogen-bond donors (Lipinski definition) is 1. The minimum atomic E-state index is -0.0149. The smallest absolute Gasteiger partial charge is 0.237 e. The Kier molecular flexibility index (Phi) is 4.28. The summed E-state index contributed by atoms with van der Waals surface area (Å²) in [6.45, 7) is 5.89. The highest BCUT2D eigenvalue weighted by Gasteiger charge is 2.10. The van der Waals surface area contributed by atoms with Crippen molar-refractivity contribution in [3.05, 3.63) is 17.8 Å². The first-order valence-corrected chi connectivity index (χ1v) is 5.34. The number of methoxy groups -OCH3 is 1. The zero-order chi connectivity index (χ0) is 12.1. The van der Waals surface area contributed by atoms with E-state index in [-0.39, 0.29) is 5.91 Å². The van der Waals surface area contributed by atoms with Gasteiger partial charge in [0.15, 0.2) is 0 Å². The first-order valence-electron chi connectivity index (χ1n) is 5.34. The van der Waals surface area contributed by atoms with Crippen molar-refractivity contribution in [2.75, 3.05) is 12.4 Å². The Balaban J connectivity index is 2.76. The lowest BCUT2D eigenvalue weighted by Gasteiger charge is -2.10. The Hall–Kier alpha value is -1.58. The van der Waals surface area contributed by atoms with Crippen molar-refractivity contribution in [2.24, 2.45) is 5.92 Å². The van der Waals surface area contributed by atoms with Crippen molar-refractivity contribution in [3.63, 3.8) is 0 Å². The van der Waals surface area contributed by atoms with E-state index in [1.165, 1.54) is 0 Å². The van der Waals surface area contributed by atoms with E-state index >= 15 is 0 Å². The van der Waals surface area contributed by atoms with E-state index in [4.69, 9.17) is 4.74 Å². The highest BCUT2D eigenvalue weighted by Crippen LogP contribution is 2.21. The molecule has 0 aromatic carbocycles. The largest absolute Gasteiger partial charge is 0.480 e. The molecule has 0 spiro atoms. The van der Waals surface area contributed by atoms with Crippen molar-refractivity contribution in [2.45, 2.75) is 27.2 Å². The maximum Gasteiger partial charge on any atom is 0.237 e. The third kappa shape index (κ3) is 3.53. The second kappa shape index (κ2) is 5.49. The van der Waals surface area contributed by atoms with Gasteiger partial charge in [-0.05, 0) is 25.0 Å². The van der Waals surface area contributed by atoms with Crippen LogP contribution in [0.25, 0.3) is 0 Å². The van der Waals surface area contributed by atoms with E-state index in [2.05, 4.69) is 10.3 Å². The Morgan fingerprint density at radius 1 is 1.50 bits per heavy atom. The summed E-state index contributed by atoms with van der Waals surface area (Å²) in [5.41, 5.74) is 1.48. The zero-order valence-electron chi connectivity index (χ0n) is 10.2. The molecule has 1 aromatic rings. The first-order chi connectivity index (χ1) is 7.52. The molecule has 1 aromatic heterocycles. The summed E-state index contributed by atoms with van der Waals surface area (Å²) in [5, 5.41) is 2.79. The molecule has 16 heavy (non-hydrogen) atoms. The average Bonchev–Trinajstić information content (AvgIpc) is 2.19. The number of ether oxygens (including phenoxy) is 1. The summed E-state index contributed by atoms with van der Waals surface area (Å²) in [7, 11) is 1.54. The highest BCUT2D eigenvalue weighted by molar-refractivity contribution is 5.91. The van der Waals surface area contributed by atoms with Crippen molar-refractivity contribution in [1.82, 2.24) is 4.98 Å². The predicted octanol–water partition coefficient (Wildman–Crippen LogP) is 2.38. The van der Waals surface area contributed by atoms with Crippen molar-refractivity contribution in [1.29, 1.82) is 0 Å². The van der Waals surface area contributed by atoms with Crippen LogP contribution >= 0.6 is 0 Å². The molecular formula is C12H18N2O2. The third-order valence-corrected chi connectivity index (χ3v) is 2.06. The van der Waals surface area contributed by atoms with E-state index in [0.29, 0.717) is 23.9 Å². The average molecular weight is 222 g/mol. The highest BCUT2D eigenvalue weighted by atomic mass is 16.5. The minimum Gasteiger partial charge on any atom is -0.480 e. The molecule has 0 aliphatic rings. The summed E-state index contributed by atoms with van der Waals surface area (Å²) >= 11 is 0. The number of hydrogen-bond acceptors (Lipinski definition) is 3. The number of nitrogens with one attached hydrogen (secondary N) is 1. The van der Waals surface area contributed by atoms with E-state index in [9.17, 15) is 4.79 Å². The molecule has 0 fully saturated rings. The number of carbonyl (C=O) groups is 1. The van der Waals surface area contributed by atoms with Crippen LogP contribution in [0, 0.1) is 12.8 Å². The summed E-state index contributed by atoms with van der Waals surface area (Å²) in [6, 6.07) is 3.65. The van der Waals surface area contributed by atoms with Gasteiger partial charge >= 0.3 is 0 Å². The van der Waals surface area contributed by atoms with Crippen LogP contribution in [0.4, 0.5) is 5.69 Å². The molecule has 1 amide bonds. The molecule has 1 rings (SSSR count). The van der Waals surface area contributed by atoms with E-state index in [1.54, 1.807) is 13.2 Å². The van der Waals surface area contributed by atoms with Crippen LogP contribution in [0.3, 0.4) is 0 Å². The molecule has 0 aliphatic heterocycles. The molecule has 1 heterocycles. The number of rotatable bonds is 4. The monoisotopic (exact) mass is 222 g/mol. The number of carbonyl (C=O) groups excluding carboxylic acids is 1. The van der Waals surface area contributed by atoms with Gasteiger partial charge in [-0.15, -0.1) is 0 Å². The molecule has 0 saturated heterocycles. The Bertz CT molecular complexity index is 375. The first kappa shape index (κ1) is 12.5.